The molecule has 18 heavy (non-hydrogen) atoms. The Bertz CT molecular complexity index is 568. The molecule has 1 aromatic heterocycles. The van der Waals surface area contributed by atoms with E-state index in [1.165, 1.54) is 11.3 Å². The molecule has 0 amide bonds. The van der Waals surface area contributed by atoms with Crippen LogP contribution < -0.4 is 11.1 Å². The highest BCUT2D eigenvalue weighted by molar-refractivity contribution is 7.16. The maximum atomic E-state index is 5.97. The Hall–Kier alpha value is -0.610. The highest BCUT2D eigenvalue weighted by atomic mass is 35.5. The maximum absolute atomic E-state index is 5.97. The van der Waals surface area contributed by atoms with Crippen LogP contribution in [0.3, 0.4) is 0 Å². The van der Waals surface area contributed by atoms with E-state index in [0.717, 1.165) is 14.9 Å². The minimum absolute atomic E-state index is 0.0991. The summed E-state index contributed by atoms with van der Waals surface area (Å²) in [7, 11) is 0. The van der Waals surface area contributed by atoms with Gasteiger partial charge >= 0.3 is 0 Å². The highest BCUT2D eigenvalue weighted by Crippen LogP contribution is 2.34. The Morgan fingerprint density at radius 3 is 2.44 bits per heavy atom. The van der Waals surface area contributed by atoms with Crippen molar-refractivity contribution in [1.29, 1.82) is 0 Å². The van der Waals surface area contributed by atoms with Crippen LogP contribution in [0, 0.1) is 0 Å². The van der Waals surface area contributed by atoms with Gasteiger partial charge in [-0.2, -0.15) is 0 Å². The summed E-state index contributed by atoms with van der Waals surface area (Å²) < 4.78 is 0.765. The van der Waals surface area contributed by atoms with Gasteiger partial charge in [-0.1, -0.05) is 34.8 Å². The number of hydrogen-bond donors (Lipinski definition) is 2. The molecule has 3 N–H and O–H groups in total. The van der Waals surface area contributed by atoms with E-state index in [1.807, 2.05) is 19.1 Å². The molecule has 1 heterocycles. The summed E-state index contributed by atoms with van der Waals surface area (Å²) in [5, 5.41) is 4.22. The molecule has 1 aromatic carbocycles. The standard InChI is InChI=1S/C12H11Cl3N2S/c1-6(11-2-3-12(15)18-11)17-10-5-8(14)7(13)4-9(10)16/h2-6,17H,16H2,1H3. The van der Waals surface area contributed by atoms with Crippen molar-refractivity contribution in [2.24, 2.45) is 0 Å². The molecule has 0 fully saturated rings. The van der Waals surface area contributed by atoms with E-state index in [2.05, 4.69) is 5.32 Å². The quantitative estimate of drug-likeness (QED) is 0.736. The second kappa shape index (κ2) is 5.57. The van der Waals surface area contributed by atoms with Crippen molar-refractivity contribution in [3.8, 4) is 0 Å². The van der Waals surface area contributed by atoms with E-state index in [0.29, 0.717) is 15.7 Å². The van der Waals surface area contributed by atoms with Gasteiger partial charge in [0.15, 0.2) is 0 Å². The number of nitrogens with two attached hydrogens (primary N) is 1. The minimum Gasteiger partial charge on any atom is -0.397 e. The van der Waals surface area contributed by atoms with Crippen LogP contribution in [0.15, 0.2) is 24.3 Å². The third-order valence-electron chi connectivity index (χ3n) is 2.49. The lowest BCUT2D eigenvalue weighted by atomic mass is 10.2. The van der Waals surface area contributed by atoms with Crippen molar-refractivity contribution in [3.05, 3.63) is 43.5 Å². The number of halogens is 3. The van der Waals surface area contributed by atoms with Crippen molar-refractivity contribution in [3.63, 3.8) is 0 Å². The van der Waals surface area contributed by atoms with Crippen molar-refractivity contribution in [2.45, 2.75) is 13.0 Å². The summed E-state index contributed by atoms with van der Waals surface area (Å²) in [6.07, 6.45) is 0. The summed E-state index contributed by atoms with van der Waals surface area (Å²) in [4.78, 5) is 1.13. The molecule has 6 heteroatoms. The van der Waals surface area contributed by atoms with Gasteiger partial charge < -0.3 is 11.1 Å². The number of nitrogens with one attached hydrogen (secondary N) is 1. The lowest BCUT2D eigenvalue weighted by Gasteiger charge is -2.16. The number of benzene rings is 1. The van der Waals surface area contributed by atoms with Gasteiger partial charge in [-0.3, -0.25) is 0 Å². The zero-order chi connectivity index (χ0) is 13.3. The van der Waals surface area contributed by atoms with E-state index >= 15 is 0 Å². The molecule has 0 aliphatic rings. The molecular formula is C12H11Cl3N2S. The van der Waals surface area contributed by atoms with Gasteiger partial charge in [-0.25, -0.2) is 0 Å². The fraction of sp³-hybridized carbons (Fsp3) is 0.167. The van der Waals surface area contributed by atoms with Crippen LogP contribution in [0.1, 0.15) is 17.8 Å². The topological polar surface area (TPSA) is 38.0 Å². The fourth-order valence-corrected chi connectivity index (χ4v) is 2.95. The smallest absolute Gasteiger partial charge is 0.0932 e. The van der Waals surface area contributed by atoms with E-state index < -0.39 is 0 Å². The maximum Gasteiger partial charge on any atom is 0.0932 e. The Morgan fingerprint density at radius 1 is 1.17 bits per heavy atom. The van der Waals surface area contributed by atoms with Gasteiger partial charge in [0.25, 0.3) is 0 Å². The molecule has 2 aromatic rings. The predicted molar refractivity (Wildman–Crippen MR) is 82.2 cm³/mol. The Kier molecular flexibility index (Phi) is 4.28. The number of thiophene rings is 1. The summed E-state index contributed by atoms with van der Waals surface area (Å²) in [6, 6.07) is 7.32. The summed E-state index contributed by atoms with van der Waals surface area (Å²) >= 11 is 19.3. The molecule has 1 atom stereocenters. The first-order chi connectivity index (χ1) is 8.47. The van der Waals surface area contributed by atoms with E-state index in [-0.39, 0.29) is 6.04 Å². The Morgan fingerprint density at radius 2 is 1.83 bits per heavy atom. The Balaban J connectivity index is 2.21. The fourth-order valence-electron chi connectivity index (χ4n) is 1.55. The molecular weight excluding hydrogens is 311 g/mol. The van der Waals surface area contributed by atoms with Gasteiger partial charge in [-0.15, -0.1) is 11.3 Å². The number of hydrogen-bond acceptors (Lipinski definition) is 3. The number of nitrogen functional groups attached to an aromatic ring is 1. The van der Waals surface area contributed by atoms with Gasteiger partial charge in [0.05, 0.1) is 31.8 Å². The molecule has 96 valence electrons. The zero-order valence-corrected chi connectivity index (χ0v) is 12.6. The summed E-state index contributed by atoms with van der Waals surface area (Å²) in [6.45, 7) is 2.03. The molecule has 0 spiro atoms. The number of anilines is 2. The van der Waals surface area contributed by atoms with E-state index in [1.54, 1.807) is 12.1 Å². The summed E-state index contributed by atoms with van der Waals surface area (Å²) in [5.41, 5.74) is 7.23. The third kappa shape index (κ3) is 3.04. The molecule has 2 nitrogen and oxygen atoms in total. The summed E-state index contributed by atoms with van der Waals surface area (Å²) in [5.74, 6) is 0. The van der Waals surface area contributed by atoms with Crippen LogP contribution in [-0.2, 0) is 0 Å². The van der Waals surface area contributed by atoms with Crippen molar-refractivity contribution in [2.75, 3.05) is 11.1 Å². The van der Waals surface area contributed by atoms with E-state index in [9.17, 15) is 0 Å². The largest absolute Gasteiger partial charge is 0.397 e. The second-order valence-electron chi connectivity index (χ2n) is 3.86. The van der Waals surface area contributed by atoms with Gasteiger partial charge in [0, 0.05) is 4.88 Å². The lowest BCUT2D eigenvalue weighted by Crippen LogP contribution is -2.07. The van der Waals surface area contributed by atoms with E-state index in [4.69, 9.17) is 40.5 Å². The first-order valence-electron chi connectivity index (χ1n) is 5.23. The molecule has 0 radical (unpaired) electrons. The van der Waals surface area contributed by atoms with Gasteiger partial charge in [-0.05, 0) is 31.2 Å². The van der Waals surface area contributed by atoms with Gasteiger partial charge in [0.2, 0.25) is 0 Å². The van der Waals surface area contributed by atoms with Crippen LogP contribution in [-0.4, -0.2) is 0 Å². The second-order valence-corrected chi connectivity index (χ2v) is 6.42. The van der Waals surface area contributed by atoms with Crippen LogP contribution in [0.2, 0.25) is 14.4 Å². The molecule has 2 rings (SSSR count). The van der Waals surface area contributed by atoms with Crippen LogP contribution in [0.4, 0.5) is 11.4 Å². The molecule has 0 aliphatic carbocycles. The van der Waals surface area contributed by atoms with Crippen LogP contribution >= 0.6 is 46.1 Å². The average molecular weight is 322 g/mol. The molecule has 1 unspecified atom stereocenters. The van der Waals surface area contributed by atoms with Crippen molar-refractivity contribution < 1.29 is 0 Å². The third-order valence-corrected chi connectivity index (χ3v) is 4.62. The molecule has 0 saturated carbocycles. The first kappa shape index (κ1) is 13.8. The molecule has 0 saturated heterocycles. The normalized spacial score (nSPS) is 12.4. The van der Waals surface area contributed by atoms with Crippen LogP contribution in [0.5, 0.6) is 0 Å². The molecule has 0 aliphatic heterocycles. The van der Waals surface area contributed by atoms with Gasteiger partial charge in [0.1, 0.15) is 0 Å². The SMILES string of the molecule is CC(Nc1cc(Cl)c(Cl)cc1N)c1ccc(Cl)s1. The lowest BCUT2D eigenvalue weighted by molar-refractivity contribution is 0.909. The average Bonchev–Trinajstić information content (AvgIpc) is 2.73. The van der Waals surface area contributed by atoms with Crippen molar-refractivity contribution >= 4 is 57.5 Å². The van der Waals surface area contributed by atoms with Crippen LogP contribution in [0.25, 0.3) is 0 Å². The number of rotatable bonds is 3. The molecule has 0 bridgehead atoms. The zero-order valence-electron chi connectivity index (χ0n) is 9.51. The predicted octanol–water partition coefficient (Wildman–Crippen LogP) is 5.46. The first-order valence-corrected chi connectivity index (χ1v) is 7.18. The minimum atomic E-state index is 0.0991. The van der Waals surface area contributed by atoms with Crippen molar-refractivity contribution in [1.82, 2.24) is 0 Å². The highest BCUT2D eigenvalue weighted by Gasteiger charge is 2.11. The Labute approximate surface area is 125 Å². The monoisotopic (exact) mass is 320 g/mol.